The Morgan fingerprint density at radius 1 is 1.28 bits per heavy atom. The molecule has 0 aliphatic heterocycles. The van der Waals surface area contributed by atoms with Crippen LogP contribution in [-0.4, -0.2) is 22.7 Å². The van der Waals surface area contributed by atoms with Gasteiger partial charge in [0.15, 0.2) is 5.78 Å². The molecular weight excluding hydrogens is 252 g/mol. The fourth-order valence-corrected chi connectivity index (χ4v) is 2.10. The average molecular weight is 269 g/mol. The molecule has 1 aromatic carbocycles. The van der Waals surface area contributed by atoms with E-state index >= 15 is 0 Å². The highest BCUT2D eigenvalue weighted by molar-refractivity contribution is 6.18. The molecule has 98 valence electrons. The van der Waals surface area contributed by atoms with Crippen LogP contribution < -0.4 is 0 Å². The zero-order valence-corrected chi connectivity index (χ0v) is 11.2. The van der Waals surface area contributed by atoms with E-state index in [0.717, 1.165) is 12.0 Å². The van der Waals surface area contributed by atoms with Crippen molar-refractivity contribution in [2.45, 2.75) is 32.6 Å². The number of rotatable bonds is 7. The van der Waals surface area contributed by atoms with Crippen molar-refractivity contribution in [2.75, 3.05) is 5.88 Å². The molecule has 0 bridgehead atoms. The van der Waals surface area contributed by atoms with Crippen LogP contribution in [0.5, 0.6) is 0 Å². The van der Waals surface area contributed by atoms with E-state index in [1.54, 1.807) is 12.1 Å². The first-order valence-corrected chi connectivity index (χ1v) is 6.55. The third kappa shape index (κ3) is 3.84. The summed E-state index contributed by atoms with van der Waals surface area (Å²) in [4.78, 5) is 23.0. The number of carbonyl (C=O) groups excluding carboxylic acids is 1. The molecule has 0 spiro atoms. The first kappa shape index (κ1) is 14.7. The normalized spacial score (nSPS) is 10.3. The molecule has 1 aromatic rings. The predicted octanol–water partition coefficient (Wildman–Crippen LogP) is 3.08. The molecule has 4 heteroatoms. The van der Waals surface area contributed by atoms with Gasteiger partial charge in [0.1, 0.15) is 0 Å². The smallest absolute Gasteiger partial charge is 0.307 e. The van der Waals surface area contributed by atoms with E-state index < -0.39 is 5.97 Å². The van der Waals surface area contributed by atoms with E-state index in [9.17, 15) is 9.59 Å². The summed E-state index contributed by atoms with van der Waals surface area (Å²) in [5.74, 6) is -0.493. The minimum Gasteiger partial charge on any atom is -0.481 e. The Bertz CT molecular complexity index is 441. The van der Waals surface area contributed by atoms with Crippen LogP contribution >= 0.6 is 11.6 Å². The van der Waals surface area contributed by atoms with Crippen LogP contribution in [0.25, 0.3) is 0 Å². The van der Waals surface area contributed by atoms with Crippen LogP contribution in [0.15, 0.2) is 18.2 Å². The number of carboxylic acid groups (broad SMARTS) is 1. The summed E-state index contributed by atoms with van der Waals surface area (Å²) in [5.41, 5.74) is 2.09. The predicted molar refractivity (Wildman–Crippen MR) is 71.4 cm³/mol. The Kier molecular flexibility index (Phi) is 5.86. The van der Waals surface area contributed by atoms with Crippen molar-refractivity contribution in [1.29, 1.82) is 0 Å². The minimum atomic E-state index is -0.922. The van der Waals surface area contributed by atoms with E-state index in [4.69, 9.17) is 16.7 Å². The van der Waals surface area contributed by atoms with Gasteiger partial charge in [-0.05, 0) is 24.0 Å². The van der Waals surface area contributed by atoms with Crippen molar-refractivity contribution in [2.24, 2.45) is 0 Å². The summed E-state index contributed by atoms with van der Waals surface area (Å²) in [6.45, 7) is 1.96. The van der Waals surface area contributed by atoms with Gasteiger partial charge in [0.25, 0.3) is 0 Å². The zero-order valence-electron chi connectivity index (χ0n) is 10.4. The number of carboxylic acids is 1. The SMILES string of the molecule is CCc1cccc(CC(=O)O)c1C(=O)CCCCl. The van der Waals surface area contributed by atoms with Crippen molar-refractivity contribution < 1.29 is 14.7 Å². The van der Waals surface area contributed by atoms with Gasteiger partial charge in [-0.3, -0.25) is 9.59 Å². The van der Waals surface area contributed by atoms with Gasteiger partial charge in [-0.2, -0.15) is 0 Å². The highest BCUT2D eigenvalue weighted by Crippen LogP contribution is 2.19. The molecule has 0 heterocycles. The highest BCUT2D eigenvalue weighted by Gasteiger charge is 2.16. The summed E-state index contributed by atoms with van der Waals surface area (Å²) in [5, 5.41) is 8.88. The number of aliphatic carboxylic acids is 1. The summed E-state index contributed by atoms with van der Waals surface area (Å²) in [6.07, 6.45) is 1.59. The second-order valence-electron chi connectivity index (χ2n) is 4.09. The van der Waals surface area contributed by atoms with Gasteiger partial charge in [0, 0.05) is 17.9 Å². The molecule has 18 heavy (non-hydrogen) atoms. The van der Waals surface area contributed by atoms with Gasteiger partial charge in [-0.25, -0.2) is 0 Å². The van der Waals surface area contributed by atoms with Crippen LogP contribution in [0, 0.1) is 0 Å². The lowest BCUT2D eigenvalue weighted by atomic mass is 9.92. The number of alkyl halides is 1. The third-order valence-corrected chi connectivity index (χ3v) is 3.04. The first-order valence-electron chi connectivity index (χ1n) is 6.01. The van der Waals surface area contributed by atoms with Crippen LogP contribution in [0.2, 0.25) is 0 Å². The number of benzene rings is 1. The topological polar surface area (TPSA) is 54.4 Å². The highest BCUT2D eigenvalue weighted by atomic mass is 35.5. The fraction of sp³-hybridized carbons (Fsp3) is 0.429. The lowest BCUT2D eigenvalue weighted by molar-refractivity contribution is -0.136. The molecule has 3 nitrogen and oxygen atoms in total. The molecule has 0 radical (unpaired) electrons. The molecule has 0 aliphatic carbocycles. The van der Waals surface area contributed by atoms with Gasteiger partial charge >= 0.3 is 5.97 Å². The molecule has 0 amide bonds. The minimum absolute atomic E-state index is 0.00986. The van der Waals surface area contributed by atoms with E-state index in [2.05, 4.69) is 0 Å². The Morgan fingerprint density at radius 3 is 2.50 bits per heavy atom. The molecule has 0 atom stereocenters. The van der Waals surface area contributed by atoms with Gasteiger partial charge in [0.05, 0.1) is 6.42 Å². The number of carbonyl (C=O) groups is 2. The fourth-order valence-electron chi connectivity index (χ4n) is 1.97. The third-order valence-electron chi connectivity index (χ3n) is 2.78. The molecular formula is C14H17ClO3. The number of ketones is 1. The van der Waals surface area contributed by atoms with Crippen molar-refractivity contribution in [3.63, 3.8) is 0 Å². The molecule has 0 fully saturated rings. The molecule has 0 saturated heterocycles. The molecule has 0 unspecified atom stereocenters. The molecule has 0 saturated carbocycles. The van der Waals surface area contributed by atoms with Crippen molar-refractivity contribution >= 4 is 23.4 Å². The lowest BCUT2D eigenvalue weighted by Gasteiger charge is -2.11. The maximum Gasteiger partial charge on any atom is 0.307 e. The Labute approximate surface area is 112 Å². The summed E-state index contributed by atoms with van der Waals surface area (Å²) in [7, 11) is 0. The quantitative estimate of drug-likeness (QED) is 0.611. The molecule has 1 N–H and O–H groups in total. The van der Waals surface area contributed by atoms with Gasteiger partial charge < -0.3 is 5.11 Å². The Hall–Kier alpha value is -1.35. The number of aryl methyl sites for hydroxylation is 1. The van der Waals surface area contributed by atoms with Crippen molar-refractivity contribution in [3.8, 4) is 0 Å². The van der Waals surface area contributed by atoms with Crippen LogP contribution in [-0.2, 0) is 17.6 Å². The van der Waals surface area contributed by atoms with Crippen molar-refractivity contribution in [1.82, 2.24) is 0 Å². The summed E-state index contributed by atoms with van der Waals surface area (Å²) < 4.78 is 0. The van der Waals surface area contributed by atoms with Crippen molar-refractivity contribution in [3.05, 3.63) is 34.9 Å². The van der Waals surface area contributed by atoms with E-state index in [0.29, 0.717) is 29.8 Å². The first-order chi connectivity index (χ1) is 8.60. The summed E-state index contributed by atoms with van der Waals surface area (Å²) >= 11 is 5.58. The van der Waals surface area contributed by atoms with Crippen LogP contribution in [0.1, 0.15) is 41.3 Å². The molecule has 0 aromatic heterocycles. The van der Waals surface area contributed by atoms with E-state index in [1.807, 2.05) is 13.0 Å². The standard InChI is InChI=1S/C14H17ClO3/c1-2-10-5-3-6-11(9-13(17)18)14(10)12(16)7-4-8-15/h3,5-6H,2,4,7-9H2,1H3,(H,17,18). The number of hydrogen-bond donors (Lipinski definition) is 1. The number of hydrogen-bond acceptors (Lipinski definition) is 2. The zero-order chi connectivity index (χ0) is 13.5. The summed E-state index contributed by atoms with van der Waals surface area (Å²) in [6, 6.07) is 5.38. The Balaban J connectivity index is 3.10. The second-order valence-corrected chi connectivity index (χ2v) is 4.47. The largest absolute Gasteiger partial charge is 0.481 e. The van der Waals surface area contributed by atoms with Gasteiger partial charge in [-0.1, -0.05) is 25.1 Å². The van der Waals surface area contributed by atoms with Crippen LogP contribution in [0.3, 0.4) is 0 Å². The van der Waals surface area contributed by atoms with Crippen LogP contribution in [0.4, 0.5) is 0 Å². The average Bonchev–Trinajstić information content (AvgIpc) is 2.34. The van der Waals surface area contributed by atoms with Gasteiger partial charge in [-0.15, -0.1) is 11.6 Å². The van der Waals surface area contributed by atoms with E-state index in [-0.39, 0.29) is 12.2 Å². The molecule has 1 rings (SSSR count). The molecule has 0 aliphatic rings. The van der Waals surface area contributed by atoms with E-state index in [1.165, 1.54) is 0 Å². The maximum absolute atomic E-state index is 12.1. The monoisotopic (exact) mass is 268 g/mol. The number of Topliss-reactive ketones (excluding diaryl/α,β-unsaturated/α-hetero) is 1. The lowest BCUT2D eigenvalue weighted by Crippen LogP contribution is -2.11. The maximum atomic E-state index is 12.1. The number of halogens is 1. The Morgan fingerprint density at radius 2 is 1.94 bits per heavy atom. The second kappa shape index (κ2) is 7.17. The van der Waals surface area contributed by atoms with Gasteiger partial charge in [0.2, 0.25) is 0 Å².